The van der Waals surface area contributed by atoms with Crippen molar-refractivity contribution in [3.05, 3.63) is 58.1 Å². The second kappa shape index (κ2) is 14.5. The number of nitrogens with zero attached hydrogens (tertiary/aromatic N) is 3. The highest BCUT2D eigenvalue weighted by molar-refractivity contribution is 7.90. The Morgan fingerprint density at radius 2 is 1.88 bits per heavy atom. The number of amides is 1. The molecule has 0 aromatic heterocycles. The van der Waals surface area contributed by atoms with Crippen LogP contribution in [0.4, 0.5) is 5.69 Å². The molecule has 11 heteroatoms. The predicted octanol–water partition coefficient (Wildman–Crippen LogP) is 5.31. The number of nitrogens with one attached hydrogen (secondary N) is 2. The summed E-state index contributed by atoms with van der Waals surface area (Å²) in [4.78, 5) is 21.5. The number of hydrogen-bond donors (Lipinski definition) is 2. The van der Waals surface area contributed by atoms with Crippen LogP contribution in [0.25, 0.3) is 0 Å². The van der Waals surface area contributed by atoms with Gasteiger partial charge in [-0.1, -0.05) is 31.0 Å². The lowest BCUT2D eigenvalue weighted by molar-refractivity contribution is 0.0207. The van der Waals surface area contributed by atoms with Crippen LogP contribution in [0.5, 0.6) is 5.75 Å². The summed E-state index contributed by atoms with van der Waals surface area (Å²) in [5.41, 5.74) is 3.67. The zero-order valence-corrected chi connectivity index (χ0v) is 32.0. The van der Waals surface area contributed by atoms with Crippen LogP contribution in [0.1, 0.15) is 80.3 Å². The Morgan fingerprint density at radius 1 is 1.00 bits per heavy atom. The Kier molecular flexibility index (Phi) is 10.1. The Hall–Kier alpha value is -2.37. The summed E-state index contributed by atoms with van der Waals surface area (Å²) in [6.45, 7) is 13.8. The maximum Gasteiger partial charge on any atom is 0.264 e. The lowest BCUT2D eigenvalue weighted by Gasteiger charge is -2.49. The van der Waals surface area contributed by atoms with Gasteiger partial charge in [0.2, 0.25) is 10.0 Å². The summed E-state index contributed by atoms with van der Waals surface area (Å²) in [5, 5.41) is 3.72. The van der Waals surface area contributed by atoms with Gasteiger partial charge in [0.1, 0.15) is 5.75 Å². The molecule has 2 aromatic carbocycles. The average Bonchev–Trinajstić information content (AvgIpc) is 3.25. The smallest absolute Gasteiger partial charge is 0.264 e. The molecule has 2 N–H and O–H groups in total. The highest BCUT2D eigenvalue weighted by atomic mass is 35.5. The van der Waals surface area contributed by atoms with Crippen molar-refractivity contribution in [1.29, 1.82) is 0 Å². The van der Waals surface area contributed by atoms with E-state index in [0.717, 1.165) is 114 Å². The summed E-state index contributed by atoms with van der Waals surface area (Å²) in [5.74, 6) is 1.87. The van der Waals surface area contributed by atoms with E-state index in [2.05, 4.69) is 36.9 Å². The molecule has 51 heavy (non-hydrogen) atoms. The minimum Gasteiger partial charge on any atom is -0.490 e. The molecule has 1 spiro atoms. The topological polar surface area (TPSA) is 94.2 Å². The van der Waals surface area contributed by atoms with Crippen molar-refractivity contribution in [2.45, 2.75) is 81.9 Å². The van der Waals surface area contributed by atoms with E-state index in [1.807, 2.05) is 25.1 Å². The van der Waals surface area contributed by atoms with E-state index in [4.69, 9.17) is 16.3 Å². The number of hydrogen-bond acceptors (Lipinski definition) is 8. The van der Waals surface area contributed by atoms with Crippen LogP contribution >= 0.6 is 11.6 Å². The number of ether oxygens (including phenoxy) is 1. The molecule has 4 aliphatic heterocycles. The molecule has 6 aliphatic rings. The number of fused-ring (bicyclic) bond motifs is 5. The van der Waals surface area contributed by atoms with Gasteiger partial charge < -0.3 is 19.9 Å². The third kappa shape index (κ3) is 7.17. The van der Waals surface area contributed by atoms with Gasteiger partial charge in [-0.25, -0.2) is 13.1 Å². The summed E-state index contributed by atoms with van der Waals surface area (Å²) in [7, 11) is -3.87. The van der Waals surface area contributed by atoms with E-state index in [9.17, 15) is 13.2 Å². The molecule has 0 unspecified atom stereocenters. The van der Waals surface area contributed by atoms with Crippen molar-refractivity contribution in [1.82, 2.24) is 19.8 Å². The van der Waals surface area contributed by atoms with Gasteiger partial charge in [-0.2, -0.15) is 0 Å². The molecule has 4 heterocycles. The van der Waals surface area contributed by atoms with Gasteiger partial charge in [-0.15, -0.1) is 0 Å². The first kappa shape index (κ1) is 35.6. The second-order valence-corrected chi connectivity index (χ2v) is 19.3. The first-order chi connectivity index (χ1) is 24.6. The van der Waals surface area contributed by atoms with Crippen LogP contribution in [0.15, 0.2) is 36.4 Å². The number of benzene rings is 2. The van der Waals surface area contributed by atoms with Crippen molar-refractivity contribution in [2.24, 2.45) is 23.7 Å². The maximum absolute atomic E-state index is 13.6. The number of rotatable bonds is 2. The summed E-state index contributed by atoms with van der Waals surface area (Å²) in [6, 6.07) is 12.4. The summed E-state index contributed by atoms with van der Waals surface area (Å²) >= 11 is 6.50. The van der Waals surface area contributed by atoms with Crippen LogP contribution in [-0.2, 0) is 21.9 Å². The number of piperazine rings is 2. The van der Waals surface area contributed by atoms with E-state index in [-0.39, 0.29) is 11.3 Å². The molecule has 9 nitrogen and oxygen atoms in total. The summed E-state index contributed by atoms with van der Waals surface area (Å²) < 4.78 is 36.3. The Morgan fingerprint density at radius 3 is 2.73 bits per heavy atom. The third-order valence-corrected chi connectivity index (χ3v) is 15.9. The molecule has 278 valence electrons. The number of halogens is 1. The molecule has 1 amide bonds. The van der Waals surface area contributed by atoms with Gasteiger partial charge in [0.15, 0.2) is 0 Å². The van der Waals surface area contributed by atoms with E-state index in [1.54, 1.807) is 13.0 Å². The molecule has 2 aromatic rings. The molecular weight excluding hydrogens is 682 g/mol. The van der Waals surface area contributed by atoms with Gasteiger partial charge in [0, 0.05) is 80.9 Å². The lowest BCUT2D eigenvalue weighted by atomic mass is 9.65. The lowest BCUT2D eigenvalue weighted by Crippen LogP contribution is -2.61. The first-order valence-corrected chi connectivity index (χ1v) is 21.5. The molecule has 2 saturated heterocycles. The van der Waals surface area contributed by atoms with Crippen molar-refractivity contribution < 1.29 is 17.9 Å². The Balaban J connectivity index is 1.14. The Bertz CT molecular complexity index is 1720. The zero-order chi connectivity index (χ0) is 35.3. The summed E-state index contributed by atoms with van der Waals surface area (Å²) in [6.07, 6.45) is 8.49. The molecule has 2 bridgehead atoms. The normalized spacial score (nSPS) is 34.6. The van der Waals surface area contributed by atoms with E-state index in [0.29, 0.717) is 36.0 Å². The number of sulfonamides is 1. The molecule has 8 rings (SSSR count). The fourth-order valence-electron chi connectivity index (χ4n) is 10.4. The number of aryl methyl sites for hydroxylation is 1. The maximum atomic E-state index is 13.6. The average molecular weight is 738 g/mol. The van der Waals surface area contributed by atoms with Crippen molar-refractivity contribution in [3.63, 3.8) is 0 Å². The van der Waals surface area contributed by atoms with Gasteiger partial charge in [-0.3, -0.25) is 9.69 Å². The third-order valence-electron chi connectivity index (χ3n) is 13.7. The number of carbonyl (C=O) groups excluding carboxylic acids is 1. The van der Waals surface area contributed by atoms with Crippen LogP contribution < -0.4 is 19.7 Å². The van der Waals surface area contributed by atoms with Crippen molar-refractivity contribution >= 4 is 33.2 Å². The fraction of sp³-hybridized carbons (Fsp3) is 0.675. The SMILES string of the molecule is C[C@@H]1[C@@H](C)CCC[C@H](CN2CCN3CCNC[C@H]3C2)[C@@H]2CC[C@H]2CN2C[C@@]3(CCCc4cc(Cl)ccc43)COc3ccc(cc32)C(=O)NS1(=O)=O. The van der Waals surface area contributed by atoms with Crippen LogP contribution in [0, 0.1) is 23.7 Å². The molecular formula is C40H56ClN5O4S. The second-order valence-electron chi connectivity index (χ2n) is 16.8. The van der Waals surface area contributed by atoms with Gasteiger partial charge >= 0.3 is 0 Å². The van der Waals surface area contributed by atoms with E-state index >= 15 is 0 Å². The van der Waals surface area contributed by atoms with Gasteiger partial charge in [-0.05, 0) is 117 Å². The van der Waals surface area contributed by atoms with E-state index < -0.39 is 21.2 Å². The highest BCUT2D eigenvalue weighted by Gasteiger charge is 2.45. The van der Waals surface area contributed by atoms with Crippen LogP contribution in [0.3, 0.4) is 0 Å². The largest absolute Gasteiger partial charge is 0.490 e. The molecule has 2 aliphatic carbocycles. The molecule has 1 saturated carbocycles. The minimum absolute atomic E-state index is 0.0571. The molecule has 7 atom stereocenters. The number of carbonyl (C=O) groups is 1. The Labute approximate surface area is 309 Å². The fourth-order valence-corrected chi connectivity index (χ4v) is 11.9. The van der Waals surface area contributed by atoms with E-state index in [1.165, 1.54) is 24.0 Å². The van der Waals surface area contributed by atoms with Gasteiger partial charge in [0.05, 0.1) is 17.5 Å². The van der Waals surface area contributed by atoms with Crippen LogP contribution in [-0.4, -0.2) is 101 Å². The minimum atomic E-state index is -3.87. The predicted molar refractivity (Wildman–Crippen MR) is 203 cm³/mol. The number of anilines is 1. The van der Waals surface area contributed by atoms with Gasteiger partial charge in [0.25, 0.3) is 5.91 Å². The monoisotopic (exact) mass is 737 g/mol. The molecule has 3 fully saturated rings. The first-order valence-electron chi connectivity index (χ1n) is 19.6. The van der Waals surface area contributed by atoms with Crippen molar-refractivity contribution in [3.8, 4) is 5.75 Å². The standard InChI is InChI=1S/C40H56ClN5O4S/c1-27-5-3-6-31(22-44-17-18-45-16-15-42-21-34(45)24-44)35-11-8-32(35)23-46-25-40(14-4-7-29-19-33(41)10-12-36(29)40)26-50-38-13-9-30(20-37(38)46)39(47)43-51(48,49)28(27)2/h9-10,12-13,19-20,27-28,31-32,34-35,42H,3-8,11,14-18,21-26H2,1-2H3,(H,43,47)/t27-,28+,31+,32-,34-,35-,40-/m0/s1. The van der Waals surface area contributed by atoms with Crippen molar-refractivity contribution in [2.75, 3.05) is 70.4 Å². The highest BCUT2D eigenvalue weighted by Crippen LogP contribution is 2.48. The van der Waals surface area contributed by atoms with Crippen LogP contribution in [0.2, 0.25) is 5.02 Å². The quantitative estimate of drug-likeness (QED) is 0.429. The molecule has 0 radical (unpaired) electrons. The zero-order valence-electron chi connectivity index (χ0n) is 30.4.